The van der Waals surface area contributed by atoms with E-state index >= 15 is 0 Å². The summed E-state index contributed by atoms with van der Waals surface area (Å²) in [6, 6.07) is -1.98. The van der Waals surface area contributed by atoms with E-state index in [2.05, 4.69) is 10.3 Å². The number of carbonyl (C=O) groups is 1. The summed E-state index contributed by atoms with van der Waals surface area (Å²) in [4.78, 5) is 25.8. The highest BCUT2D eigenvalue weighted by molar-refractivity contribution is 7.53. The SMILES string of the molecule is CC(=O)N[C@H]1[C@H]([C@H](O)[C@H](O)CO)OC(P(=O)(O)OC(C)C)C[C@@H]1N=C(N)N. The lowest BCUT2D eigenvalue weighted by Gasteiger charge is -2.43. The first-order chi connectivity index (χ1) is 12.4. The molecule has 12 nitrogen and oxygen atoms in total. The van der Waals surface area contributed by atoms with Gasteiger partial charge in [-0.3, -0.25) is 9.36 Å². The molecule has 0 aromatic heterocycles. The van der Waals surface area contributed by atoms with Gasteiger partial charge in [-0.15, -0.1) is 0 Å². The van der Waals surface area contributed by atoms with Gasteiger partial charge in [0, 0.05) is 13.3 Å². The standard InChI is InChI=1S/C14H29N4O8P/c1-6(2)26-27(23,24)10-4-8(18-14(15)16)11(17-7(3)20)13(25-10)12(22)9(21)5-19/h6,8-13,19,21-22H,4-5H2,1-3H3,(H,17,20)(H,23,24)(H4,15,16,18)/t8-,9+,10?,11+,12+,13+/m0/s1. The number of amides is 1. The van der Waals surface area contributed by atoms with Gasteiger partial charge in [-0.05, 0) is 13.8 Å². The Balaban J connectivity index is 3.31. The average Bonchev–Trinajstić information content (AvgIpc) is 2.52. The zero-order valence-corrected chi connectivity index (χ0v) is 16.3. The van der Waals surface area contributed by atoms with Crippen LogP contribution in [0.3, 0.4) is 0 Å². The summed E-state index contributed by atoms with van der Waals surface area (Å²) in [6.07, 6.45) is -5.51. The average molecular weight is 412 g/mol. The number of nitrogens with one attached hydrogen (secondary N) is 1. The zero-order valence-electron chi connectivity index (χ0n) is 15.4. The monoisotopic (exact) mass is 412 g/mol. The number of rotatable bonds is 8. The molecule has 1 aliphatic heterocycles. The van der Waals surface area contributed by atoms with Crippen LogP contribution in [0.25, 0.3) is 0 Å². The van der Waals surface area contributed by atoms with Crippen LogP contribution >= 0.6 is 7.60 Å². The molecular weight excluding hydrogens is 383 g/mol. The van der Waals surface area contributed by atoms with Crippen LogP contribution in [-0.2, 0) is 18.6 Å². The number of nitrogens with zero attached hydrogens (tertiary/aromatic N) is 1. The number of guanidine groups is 1. The van der Waals surface area contributed by atoms with Gasteiger partial charge >= 0.3 is 7.60 Å². The third-order valence-corrected chi connectivity index (χ3v) is 5.64. The number of hydrogen-bond acceptors (Lipinski definition) is 8. The van der Waals surface area contributed by atoms with Crippen molar-refractivity contribution >= 4 is 19.5 Å². The van der Waals surface area contributed by atoms with Gasteiger partial charge in [0.2, 0.25) is 5.91 Å². The predicted molar refractivity (Wildman–Crippen MR) is 95.6 cm³/mol. The summed E-state index contributed by atoms with van der Waals surface area (Å²) in [5.41, 5.74) is 10.8. The summed E-state index contributed by atoms with van der Waals surface area (Å²) in [6.45, 7) is 3.52. The maximum absolute atomic E-state index is 12.6. The highest BCUT2D eigenvalue weighted by atomic mass is 31.2. The Morgan fingerprint density at radius 3 is 2.44 bits per heavy atom. The molecule has 0 aromatic rings. The maximum atomic E-state index is 12.6. The molecule has 1 saturated heterocycles. The summed E-state index contributed by atoms with van der Waals surface area (Å²) >= 11 is 0. The molecule has 7 atom stereocenters. The van der Waals surface area contributed by atoms with Crippen molar-refractivity contribution in [3.63, 3.8) is 0 Å². The molecule has 1 rings (SSSR count). The van der Waals surface area contributed by atoms with Crippen molar-refractivity contribution in [2.45, 2.75) is 69.5 Å². The van der Waals surface area contributed by atoms with E-state index < -0.39 is 62.5 Å². The molecule has 0 bridgehead atoms. The number of aliphatic hydroxyl groups excluding tert-OH is 3. The zero-order chi connectivity index (χ0) is 20.9. The molecule has 0 saturated carbocycles. The number of nitrogens with two attached hydrogens (primary N) is 2. The molecule has 1 aliphatic rings. The van der Waals surface area contributed by atoms with Crippen molar-refractivity contribution in [2.24, 2.45) is 16.5 Å². The Bertz CT molecular complexity index is 585. The summed E-state index contributed by atoms with van der Waals surface area (Å²) < 4.78 is 23.2. The quantitative estimate of drug-likeness (QED) is 0.127. The van der Waals surface area contributed by atoms with Crippen LogP contribution < -0.4 is 16.8 Å². The molecule has 0 aromatic carbocycles. The highest BCUT2D eigenvalue weighted by Crippen LogP contribution is 2.53. The van der Waals surface area contributed by atoms with Gasteiger partial charge in [-0.2, -0.15) is 0 Å². The number of aliphatic hydroxyl groups is 3. The van der Waals surface area contributed by atoms with Crippen LogP contribution in [0.5, 0.6) is 0 Å². The smallest absolute Gasteiger partial charge is 0.356 e. The summed E-state index contributed by atoms with van der Waals surface area (Å²) in [5, 5.41) is 31.7. The normalized spacial score (nSPS) is 30.2. The third-order valence-electron chi connectivity index (χ3n) is 3.85. The van der Waals surface area contributed by atoms with Crippen molar-refractivity contribution in [2.75, 3.05) is 6.61 Å². The lowest BCUT2D eigenvalue weighted by Crippen LogP contribution is -2.62. The molecule has 0 radical (unpaired) electrons. The van der Waals surface area contributed by atoms with E-state index in [1.54, 1.807) is 13.8 Å². The molecule has 27 heavy (non-hydrogen) atoms. The van der Waals surface area contributed by atoms with Crippen LogP contribution in [-0.4, -0.2) is 81.0 Å². The summed E-state index contributed by atoms with van der Waals surface area (Å²) in [7, 11) is -4.32. The van der Waals surface area contributed by atoms with E-state index in [9.17, 15) is 24.5 Å². The van der Waals surface area contributed by atoms with Gasteiger partial charge in [0.15, 0.2) is 11.8 Å². The molecule has 158 valence electrons. The number of hydrogen-bond donors (Lipinski definition) is 7. The fourth-order valence-electron chi connectivity index (χ4n) is 2.83. The Morgan fingerprint density at radius 2 is 2.00 bits per heavy atom. The third kappa shape index (κ3) is 6.68. The van der Waals surface area contributed by atoms with E-state index in [4.69, 9.17) is 25.8 Å². The van der Waals surface area contributed by atoms with E-state index in [0.29, 0.717) is 0 Å². The van der Waals surface area contributed by atoms with Crippen molar-refractivity contribution in [3.8, 4) is 0 Å². The van der Waals surface area contributed by atoms with E-state index in [1.165, 1.54) is 6.92 Å². The van der Waals surface area contributed by atoms with Gasteiger partial charge < -0.3 is 46.3 Å². The van der Waals surface area contributed by atoms with Crippen LogP contribution in [0.4, 0.5) is 0 Å². The molecule has 2 unspecified atom stereocenters. The molecule has 0 spiro atoms. The maximum Gasteiger partial charge on any atom is 0.356 e. The number of ether oxygens (including phenoxy) is 1. The van der Waals surface area contributed by atoms with E-state index in [0.717, 1.165) is 0 Å². The topological polar surface area (TPSA) is 210 Å². The second-order valence-corrected chi connectivity index (χ2v) is 8.51. The first kappa shape index (κ1) is 23.8. The van der Waals surface area contributed by atoms with Crippen molar-refractivity contribution < 1.29 is 38.8 Å². The van der Waals surface area contributed by atoms with Gasteiger partial charge in [0.25, 0.3) is 0 Å². The van der Waals surface area contributed by atoms with Crippen LogP contribution in [0.2, 0.25) is 0 Å². The molecule has 1 amide bonds. The van der Waals surface area contributed by atoms with Gasteiger partial charge in [0.1, 0.15) is 18.3 Å². The Hall–Kier alpha value is -1.27. The lowest BCUT2D eigenvalue weighted by molar-refractivity contribution is -0.150. The van der Waals surface area contributed by atoms with Gasteiger partial charge in [0.05, 0.1) is 24.8 Å². The van der Waals surface area contributed by atoms with Gasteiger partial charge in [-0.1, -0.05) is 0 Å². The van der Waals surface area contributed by atoms with E-state index in [-0.39, 0.29) is 12.4 Å². The van der Waals surface area contributed by atoms with Crippen molar-refractivity contribution in [3.05, 3.63) is 0 Å². The first-order valence-electron chi connectivity index (χ1n) is 8.38. The van der Waals surface area contributed by atoms with Crippen molar-refractivity contribution in [1.82, 2.24) is 5.32 Å². The van der Waals surface area contributed by atoms with Crippen LogP contribution in [0.15, 0.2) is 4.99 Å². The highest BCUT2D eigenvalue weighted by Gasteiger charge is 2.50. The molecule has 1 heterocycles. The van der Waals surface area contributed by atoms with Crippen LogP contribution in [0.1, 0.15) is 27.2 Å². The fourth-order valence-corrected chi connectivity index (χ4v) is 4.35. The van der Waals surface area contributed by atoms with Gasteiger partial charge in [-0.25, -0.2) is 4.99 Å². The van der Waals surface area contributed by atoms with Crippen LogP contribution in [0, 0.1) is 0 Å². The number of aliphatic imine (C=N–C) groups is 1. The minimum atomic E-state index is -4.32. The van der Waals surface area contributed by atoms with E-state index in [1.807, 2.05) is 0 Å². The molecule has 9 N–H and O–H groups in total. The number of carbonyl (C=O) groups excluding carboxylic acids is 1. The fraction of sp³-hybridized carbons (Fsp3) is 0.857. The van der Waals surface area contributed by atoms with Crippen molar-refractivity contribution in [1.29, 1.82) is 0 Å². The Labute approximate surface area is 157 Å². The minimum Gasteiger partial charge on any atom is -0.394 e. The molecule has 13 heteroatoms. The predicted octanol–water partition coefficient (Wildman–Crippen LogP) is -2.43. The lowest BCUT2D eigenvalue weighted by atomic mass is 9.91. The Kier molecular flexibility index (Phi) is 8.61. The Morgan fingerprint density at radius 1 is 1.41 bits per heavy atom. The molecular formula is C14H29N4O8P. The second kappa shape index (κ2) is 9.78. The first-order valence-corrected chi connectivity index (χ1v) is 10.0. The second-order valence-electron chi connectivity index (χ2n) is 6.60. The minimum absolute atomic E-state index is 0.193. The molecule has 1 fully saturated rings. The molecule has 0 aliphatic carbocycles. The summed E-state index contributed by atoms with van der Waals surface area (Å²) in [5.74, 6) is -2.27. The largest absolute Gasteiger partial charge is 0.394 e.